The summed E-state index contributed by atoms with van der Waals surface area (Å²) in [5, 5.41) is 0. The van der Waals surface area contributed by atoms with E-state index >= 15 is 0 Å². The Balaban J connectivity index is 1.94. The second-order valence-corrected chi connectivity index (χ2v) is 5.32. The summed E-state index contributed by atoms with van der Waals surface area (Å²) < 4.78 is 37.6. The summed E-state index contributed by atoms with van der Waals surface area (Å²) in [6.07, 6.45) is 4.53. The number of hydrogen-bond donors (Lipinski definition) is 0. The molecule has 0 aliphatic carbocycles. The van der Waals surface area contributed by atoms with Crippen molar-refractivity contribution in [2.24, 2.45) is 0 Å². The number of nitrogens with zero attached hydrogens (tertiary/aromatic N) is 3. The molecule has 0 amide bonds. The maximum Gasteiger partial charge on any atom is 0.270 e. The van der Waals surface area contributed by atoms with E-state index in [4.69, 9.17) is 9.47 Å². The van der Waals surface area contributed by atoms with E-state index in [2.05, 4.69) is 15.0 Å². The Morgan fingerprint density at radius 2 is 1.72 bits per heavy atom. The second kappa shape index (κ2) is 6.80. The first-order valence-corrected chi connectivity index (χ1v) is 7.44. The average molecular weight is 343 g/mol. The maximum atomic E-state index is 13.3. The molecule has 25 heavy (non-hydrogen) atoms. The summed E-state index contributed by atoms with van der Waals surface area (Å²) in [4.78, 5) is 12.3. The number of rotatable bonds is 5. The molecule has 2 aromatic heterocycles. The molecule has 3 rings (SSSR count). The van der Waals surface area contributed by atoms with E-state index in [0.29, 0.717) is 22.8 Å². The van der Waals surface area contributed by atoms with E-state index in [9.17, 15) is 8.78 Å². The van der Waals surface area contributed by atoms with Crippen molar-refractivity contribution in [3.63, 3.8) is 0 Å². The number of pyridine rings is 1. The summed E-state index contributed by atoms with van der Waals surface area (Å²) in [6.45, 7) is 0.847. The average Bonchev–Trinajstić information content (AvgIpc) is 2.62. The van der Waals surface area contributed by atoms with Gasteiger partial charge in [0.15, 0.2) is 0 Å². The van der Waals surface area contributed by atoms with E-state index in [1.54, 1.807) is 24.5 Å². The van der Waals surface area contributed by atoms with Crippen molar-refractivity contribution in [1.82, 2.24) is 15.0 Å². The largest absolute Gasteiger partial charge is 0.481 e. The van der Waals surface area contributed by atoms with Gasteiger partial charge in [0.1, 0.15) is 12.1 Å². The van der Waals surface area contributed by atoms with E-state index in [-0.39, 0.29) is 11.4 Å². The minimum absolute atomic E-state index is 0.0864. The lowest BCUT2D eigenvalue weighted by atomic mass is 10.1. The molecule has 5 nitrogen and oxygen atoms in total. The Labute approximate surface area is 143 Å². The predicted octanol–water partition coefficient (Wildman–Crippen LogP) is 4.45. The SMILES string of the molecule is COc1ncccc1-c1cncnc1Oc1ccc(C(C)(F)F)cc1. The standard InChI is InChI=1S/C18H15F2N3O2/c1-18(19,20)12-5-7-13(8-6-12)25-17-15(10-21-11-23-17)14-4-3-9-22-16(14)24-2/h3-11H,1-2H3. The molecule has 0 bridgehead atoms. The molecule has 0 unspecified atom stereocenters. The van der Waals surface area contributed by atoms with Gasteiger partial charge in [0, 0.05) is 24.9 Å². The predicted molar refractivity (Wildman–Crippen MR) is 87.9 cm³/mol. The van der Waals surface area contributed by atoms with Crippen LogP contribution >= 0.6 is 0 Å². The summed E-state index contributed by atoms with van der Waals surface area (Å²) >= 11 is 0. The van der Waals surface area contributed by atoms with Crippen molar-refractivity contribution in [1.29, 1.82) is 0 Å². The van der Waals surface area contributed by atoms with Crippen molar-refractivity contribution in [2.45, 2.75) is 12.8 Å². The monoisotopic (exact) mass is 343 g/mol. The van der Waals surface area contributed by atoms with Gasteiger partial charge >= 0.3 is 0 Å². The molecule has 0 atom stereocenters. The van der Waals surface area contributed by atoms with Crippen LogP contribution in [0.5, 0.6) is 17.5 Å². The van der Waals surface area contributed by atoms with E-state index in [0.717, 1.165) is 6.92 Å². The third-order valence-electron chi connectivity index (χ3n) is 3.51. The van der Waals surface area contributed by atoms with Crippen LogP contribution < -0.4 is 9.47 Å². The molecule has 2 heterocycles. The molecular formula is C18H15F2N3O2. The lowest BCUT2D eigenvalue weighted by Gasteiger charge is -2.13. The number of methoxy groups -OCH3 is 1. The van der Waals surface area contributed by atoms with E-state index < -0.39 is 5.92 Å². The Hall–Kier alpha value is -3.09. The van der Waals surface area contributed by atoms with Gasteiger partial charge < -0.3 is 9.47 Å². The summed E-state index contributed by atoms with van der Waals surface area (Å²) in [7, 11) is 1.51. The van der Waals surface area contributed by atoms with Crippen LogP contribution in [-0.4, -0.2) is 22.1 Å². The van der Waals surface area contributed by atoms with Gasteiger partial charge in [-0.1, -0.05) is 0 Å². The number of benzene rings is 1. The van der Waals surface area contributed by atoms with Crippen LogP contribution in [0.4, 0.5) is 8.78 Å². The van der Waals surface area contributed by atoms with Crippen LogP contribution in [0.15, 0.2) is 55.1 Å². The summed E-state index contributed by atoms with van der Waals surface area (Å²) in [6, 6.07) is 9.14. The first-order valence-electron chi connectivity index (χ1n) is 7.44. The van der Waals surface area contributed by atoms with Gasteiger partial charge in [-0.2, -0.15) is 0 Å². The van der Waals surface area contributed by atoms with Gasteiger partial charge in [-0.3, -0.25) is 0 Å². The topological polar surface area (TPSA) is 57.1 Å². The number of halogens is 2. The van der Waals surface area contributed by atoms with Gasteiger partial charge in [-0.15, -0.1) is 0 Å². The van der Waals surface area contributed by atoms with Gasteiger partial charge in [0.05, 0.1) is 18.2 Å². The van der Waals surface area contributed by atoms with Crippen LogP contribution in [0.25, 0.3) is 11.1 Å². The van der Waals surface area contributed by atoms with Gasteiger partial charge in [0.25, 0.3) is 5.92 Å². The summed E-state index contributed by atoms with van der Waals surface area (Å²) in [5.41, 5.74) is 1.16. The second-order valence-electron chi connectivity index (χ2n) is 5.32. The molecule has 1 aromatic carbocycles. The lowest BCUT2D eigenvalue weighted by molar-refractivity contribution is 0.0174. The fourth-order valence-electron chi connectivity index (χ4n) is 2.27. The van der Waals surface area contributed by atoms with Crippen LogP contribution in [-0.2, 0) is 5.92 Å². The van der Waals surface area contributed by atoms with Crippen molar-refractivity contribution in [3.8, 4) is 28.6 Å². The van der Waals surface area contributed by atoms with Crippen molar-refractivity contribution in [3.05, 3.63) is 60.7 Å². The zero-order valence-electron chi connectivity index (χ0n) is 13.6. The molecule has 7 heteroatoms. The molecule has 0 saturated heterocycles. The minimum atomic E-state index is -2.90. The molecule has 0 aliphatic heterocycles. The number of hydrogen-bond acceptors (Lipinski definition) is 5. The van der Waals surface area contributed by atoms with Crippen molar-refractivity contribution >= 4 is 0 Å². The van der Waals surface area contributed by atoms with Gasteiger partial charge in [-0.25, -0.2) is 23.7 Å². The number of alkyl halides is 2. The van der Waals surface area contributed by atoms with Crippen LogP contribution in [0.3, 0.4) is 0 Å². The molecular weight excluding hydrogens is 328 g/mol. The summed E-state index contributed by atoms with van der Waals surface area (Å²) in [5.74, 6) is -1.84. The molecule has 128 valence electrons. The molecule has 0 radical (unpaired) electrons. The first-order chi connectivity index (χ1) is 12.0. The fourth-order valence-corrected chi connectivity index (χ4v) is 2.27. The molecule has 0 aliphatic rings. The molecule has 0 fully saturated rings. The van der Waals surface area contributed by atoms with E-state index in [1.807, 2.05) is 0 Å². The van der Waals surface area contributed by atoms with Crippen molar-refractivity contribution < 1.29 is 18.3 Å². The Morgan fingerprint density at radius 1 is 0.960 bits per heavy atom. The number of ether oxygens (including phenoxy) is 2. The van der Waals surface area contributed by atoms with E-state index in [1.165, 1.54) is 37.7 Å². The molecule has 0 saturated carbocycles. The maximum absolute atomic E-state index is 13.3. The molecule has 3 aromatic rings. The first kappa shape index (κ1) is 16.8. The van der Waals surface area contributed by atoms with Crippen LogP contribution in [0.2, 0.25) is 0 Å². The zero-order chi connectivity index (χ0) is 17.9. The Morgan fingerprint density at radius 3 is 2.40 bits per heavy atom. The quantitative estimate of drug-likeness (QED) is 0.685. The fraction of sp³-hybridized carbons (Fsp3) is 0.167. The van der Waals surface area contributed by atoms with Crippen LogP contribution in [0.1, 0.15) is 12.5 Å². The highest BCUT2D eigenvalue weighted by Gasteiger charge is 2.24. The minimum Gasteiger partial charge on any atom is -0.481 e. The van der Waals surface area contributed by atoms with Gasteiger partial charge in [-0.05, 0) is 36.4 Å². The highest BCUT2D eigenvalue weighted by Crippen LogP contribution is 2.35. The zero-order valence-corrected chi connectivity index (χ0v) is 13.6. The lowest BCUT2D eigenvalue weighted by Crippen LogP contribution is -2.06. The highest BCUT2D eigenvalue weighted by molar-refractivity contribution is 5.72. The normalized spacial score (nSPS) is 11.2. The van der Waals surface area contributed by atoms with Crippen molar-refractivity contribution in [2.75, 3.05) is 7.11 Å². The van der Waals surface area contributed by atoms with Gasteiger partial charge in [0.2, 0.25) is 11.8 Å². The Bertz CT molecular complexity index is 865. The highest BCUT2D eigenvalue weighted by atomic mass is 19.3. The Kier molecular flexibility index (Phi) is 4.56. The smallest absolute Gasteiger partial charge is 0.270 e. The molecule has 0 N–H and O–H groups in total. The van der Waals surface area contributed by atoms with Crippen LogP contribution in [0, 0.1) is 0 Å². The number of aromatic nitrogens is 3. The molecule has 0 spiro atoms. The third-order valence-corrected chi connectivity index (χ3v) is 3.51. The third kappa shape index (κ3) is 3.71.